The first-order valence-corrected chi connectivity index (χ1v) is 10.5. The van der Waals surface area contributed by atoms with E-state index < -0.39 is 23.5 Å². The second-order valence-corrected chi connectivity index (χ2v) is 7.72. The van der Waals surface area contributed by atoms with E-state index in [-0.39, 0.29) is 11.3 Å². The summed E-state index contributed by atoms with van der Waals surface area (Å²) >= 11 is 6.03. The fraction of sp³-hybridized carbons (Fsp3) is 0.250. The van der Waals surface area contributed by atoms with E-state index >= 15 is 0 Å². The van der Waals surface area contributed by atoms with Crippen molar-refractivity contribution in [3.63, 3.8) is 0 Å². The van der Waals surface area contributed by atoms with Crippen LogP contribution in [0.3, 0.4) is 0 Å². The van der Waals surface area contributed by atoms with Crippen molar-refractivity contribution in [2.75, 3.05) is 13.2 Å². The van der Waals surface area contributed by atoms with Crippen LogP contribution in [0, 0.1) is 0 Å². The SMILES string of the molecule is CCCN1C(=O)C(O)=C(C(=O)c2cc3cc(Cl)ccc3o2)C1c1ccc(OCC)cc1. The van der Waals surface area contributed by atoms with Crippen LogP contribution in [0.1, 0.15) is 42.4 Å². The van der Waals surface area contributed by atoms with E-state index in [2.05, 4.69) is 0 Å². The molecule has 7 heteroatoms. The lowest BCUT2D eigenvalue weighted by atomic mass is 9.95. The third-order valence-corrected chi connectivity index (χ3v) is 5.46. The van der Waals surface area contributed by atoms with Gasteiger partial charge in [-0.1, -0.05) is 30.7 Å². The maximum atomic E-state index is 13.4. The van der Waals surface area contributed by atoms with Crippen LogP contribution in [0.25, 0.3) is 11.0 Å². The molecular formula is C24H22ClNO5. The molecule has 31 heavy (non-hydrogen) atoms. The van der Waals surface area contributed by atoms with Gasteiger partial charge in [0.25, 0.3) is 5.91 Å². The summed E-state index contributed by atoms with van der Waals surface area (Å²) in [6.45, 7) is 4.75. The summed E-state index contributed by atoms with van der Waals surface area (Å²) < 4.78 is 11.2. The molecule has 0 fully saturated rings. The number of carbonyl (C=O) groups is 2. The van der Waals surface area contributed by atoms with Gasteiger partial charge in [-0.2, -0.15) is 0 Å². The first kappa shape index (κ1) is 21.0. The van der Waals surface area contributed by atoms with Gasteiger partial charge in [0.1, 0.15) is 11.3 Å². The summed E-state index contributed by atoms with van der Waals surface area (Å²) in [6.07, 6.45) is 0.678. The number of aliphatic hydroxyl groups is 1. The lowest BCUT2D eigenvalue weighted by Gasteiger charge is -2.26. The van der Waals surface area contributed by atoms with Crippen LogP contribution >= 0.6 is 11.6 Å². The predicted octanol–water partition coefficient (Wildman–Crippen LogP) is 5.47. The first-order chi connectivity index (χ1) is 14.9. The summed E-state index contributed by atoms with van der Waals surface area (Å²) in [5, 5.41) is 11.8. The fourth-order valence-electron chi connectivity index (χ4n) is 3.88. The molecule has 1 unspecified atom stereocenters. The van der Waals surface area contributed by atoms with E-state index in [0.29, 0.717) is 46.9 Å². The van der Waals surface area contributed by atoms with Crippen LogP contribution in [0.4, 0.5) is 0 Å². The molecule has 0 saturated carbocycles. The van der Waals surface area contributed by atoms with Gasteiger partial charge < -0.3 is 19.2 Å². The molecule has 1 atom stereocenters. The Morgan fingerprint density at radius 1 is 1.16 bits per heavy atom. The van der Waals surface area contributed by atoms with Gasteiger partial charge in [0.05, 0.1) is 18.2 Å². The first-order valence-electron chi connectivity index (χ1n) is 10.1. The normalized spacial score (nSPS) is 16.4. The maximum absolute atomic E-state index is 13.4. The summed E-state index contributed by atoms with van der Waals surface area (Å²) in [6, 6.07) is 13.1. The Balaban J connectivity index is 1.77. The van der Waals surface area contributed by atoms with E-state index in [9.17, 15) is 14.7 Å². The third kappa shape index (κ3) is 3.79. The van der Waals surface area contributed by atoms with Crippen molar-refractivity contribution in [2.45, 2.75) is 26.3 Å². The van der Waals surface area contributed by atoms with Crippen molar-refractivity contribution in [1.82, 2.24) is 4.90 Å². The number of amides is 1. The molecule has 0 radical (unpaired) electrons. The van der Waals surface area contributed by atoms with Crippen molar-refractivity contribution in [2.24, 2.45) is 0 Å². The Bertz CT molecular complexity index is 1180. The van der Waals surface area contributed by atoms with Gasteiger partial charge in [0.15, 0.2) is 11.5 Å². The van der Waals surface area contributed by atoms with Gasteiger partial charge in [-0.05, 0) is 55.3 Å². The third-order valence-electron chi connectivity index (χ3n) is 5.22. The van der Waals surface area contributed by atoms with Crippen LogP contribution in [0.5, 0.6) is 5.75 Å². The summed E-state index contributed by atoms with van der Waals surface area (Å²) in [5.41, 5.74) is 1.21. The van der Waals surface area contributed by atoms with Crippen LogP contribution < -0.4 is 4.74 Å². The molecule has 0 aliphatic carbocycles. The monoisotopic (exact) mass is 439 g/mol. The lowest BCUT2D eigenvalue weighted by molar-refractivity contribution is -0.129. The van der Waals surface area contributed by atoms with Gasteiger partial charge in [-0.25, -0.2) is 0 Å². The van der Waals surface area contributed by atoms with Crippen LogP contribution in [0.2, 0.25) is 5.02 Å². The number of nitrogens with zero attached hydrogens (tertiary/aromatic N) is 1. The van der Waals surface area contributed by atoms with Gasteiger partial charge in [-0.3, -0.25) is 9.59 Å². The number of ether oxygens (including phenoxy) is 1. The average Bonchev–Trinajstić information content (AvgIpc) is 3.28. The molecule has 1 aromatic heterocycles. The van der Waals surface area contributed by atoms with Crippen molar-refractivity contribution in [1.29, 1.82) is 0 Å². The van der Waals surface area contributed by atoms with E-state index in [1.165, 1.54) is 4.90 Å². The average molecular weight is 440 g/mol. The van der Waals surface area contributed by atoms with Gasteiger partial charge in [0.2, 0.25) is 5.78 Å². The number of furan rings is 1. The molecule has 1 aliphatic heterocycles. The fourth-order valence-corrected chi connectivity index (χ4v) is 4.06. The number of rotatable bonds is 7. The Morgan fingerprint density at radius 2 is 1.90 bits per heavy atom. The molecule has 0 bridgehead atoms. The highest BCUT2D eigenvalue weighted by Crippen LogP contribution is 2.40. The van der Waals surface area contributed by atoms with Gasteiger partial charge >= 0.3 is 0 Å². The Hall–Kier alpha value is -3.25. The smallest absolute Gasteiger partial charge is 0.290 e. The maximum Gasteiger partial charge on any atom is 0.290 e. The molecule has 3 aromatic rings. The Morgan fingerprint density at radius 3 is 2.58 bits per heavy atom. The molecule has 2 aromatic carbocycles. The molecule has 4 rings (SSSR count). The molecule has 0 spiro atoms. The summed E-state index contributed by atoms with van der Waals surface area (Å²) in [7, 11) is 0. The zero-order valence-corrected chi connectivity index (χ0v) is 18.0. The Labute approximate surface area is 184 Å². The highest BCUT2D eigenvalue weighted by molar-refractivity contribution is 6.31. The van der Waals surface area contributed by atoms with Crippen LogP contribution in [0.15, 0.2) is 64.3 Å². The zero-order valence-electron chi connectivity index (χ0n) is 17.2. The highest BCUT2D eigenvalue weighted by Gasteiger charge is 2.44. The standard InChI is InChI=1S/C24H22ClNO5/c1-3-11-26-21(14-5-8-17(9-6-14)30-4-2)20(23(28)24(26)29)22(27)19-13-15-12-16(25)7-10-18(15)31-19/h5-10,12-13,21,28H,3-4,11H2,1-2H3. The number of hydrogen-bond donors (Lipinski definition) is 1. The van der Waals surface area contributed by atoms with Crippen LogP contribution in [-0.4, -0.2) is 34.8 Å². The molecular weight excluding hydrogens is 418 g/mol. The molecule has 2 heterocycles. The lowest BCUT2D eigenvalue weighted by Crippen LogP contribution is -2.31. The van der Waals surface area contributed by atoms with Gasteiger partial charge in [-0.15, -0.1) is 0 Å². The predicted molar refractivity (Wildman–Crippen MR) is 118 cm³/mol. The van der Waals surface area contributed by atoms with E-state index in [0.717, 1.165) is 0 Å². The van der Waals surface area contributed by atoms with Crippen molar-refractivity contribution >= 4 is 34.3 Å². The van der Waals surface area contributed by atoms with Crippen molar-refractivity contribution in [3.05, 3.63) is 76.2 Å². The zero-order chi connectivity index (χ0) is 22.1. The number of carbonyl (C=O) groups excluding carboxylic acids is 2. The number of fused-ring (bicyclic) bond motifs is 1. The van der Waals surface area contributed by atoms with Crippen molar-refractivity contribution in [3.8, 4) is 5.75 Å². The van der Waals surface area contributed by atoms with E-state index in [4.69, 9.17) is 20.8 Å². The largest absolute Gasteiger partial charge is 0.503 e. The van der Waals surface area contributed by atoms with Crippen LogP contribution in [-0.2, 0) is 4.79 Å². The Kier molecular flexibility index (Phi) is 5.74. The number of hydrogen-bond acceptors (Lipinski definition) is 5. The summed E-state index contributed by atoms with van der Waals surface area (Å²) in [5.74, 6) is -0.913. The second-order valence-electron chi connectivity index (χ2n) is 7.29. The van der Waals surface area contributed by atoms with E-state index in [1.54, 1.807) is 48.5 Å². The summed E-state index contributed by atoms with van der Waals surface area (Å²) in [4.78, 5) is 27.7. The minimum Gasteiger partial charge on any atom is -0.503 e. The molecule has 160 valence electrons. The quantitative estimate of drug-likeness (QED) is 0.493. The number of aliphatic hydroxyl groups excluding tert-OH is 1. The molecule has 0 saturated heterocycles. The minimum atomic E-state index is -0.715. The van der Waals surface area contributed by atoms with Crippen molar-refractivity contribution < 1.29 is 23.8 Å². The number of ketones is 1. The number of Topliss-reactive ketones (excluding diaryl/α,β-unsaturated/α-hetero) is 1. The molecule has 1 aliphatic rings. The van der Waals surface area contributed by atoms with E-state index in [1.807, 2.05) is 13.8 Å². The number of halogens is 1. The number of benzene rings is 2. The second kappa shape index (κ2) is 8.47. The molecule has 1 amide bonds. The molecule has 1 N–H and O–H groups in total. The minimum absolute atomic E-state index is 0.00719. The molecule has 6 nitrogen and oxygen atoms in total. The van der Waals surface area contributed by atoms with Gasteiger partial charge in [0, 0.05) is 17.0 Å². The highest BCUT2D eigenvalue weighted by atomic mass is 35.5. The topological polar surface area (TPSA) is 80.0 Å².